The summed E-state index contributed by atoms with van der Waals surface area (Å²) in [6.07, 6.45) is 4.22. The standard InChI is InChI=1S/C18H15N3O/c22-18(14-5-6-16-17(11-14)20-9-8-19-16)21-10-7-13-3-1-2-4-15(13)12-21/h1-6,8-9,11H,7,10,12H2. The highest BCUT2D eigenvalue weighted by Gasteiger charge is 2.21. The monoisotopic (exact) mass is 289 g/mol. The molecule has 0 unspecified atom stereocenters. The van der Waals surface area contributed by atoms with Crippen LogP contribution in [-0.4, -0.2) is 27.3 Å². The molecule has 2 heterocycles. The Morgan fingerprint density at radius 3 is 2.59 bits per heavy atom. The van der Waals surface area contributed by atoms with Crippen LogP contribution >= 0.6 is 0 Å². The zero-order valence-electron chi connectivity index (χ0n) is 12.1. The highest BCUT2D eigenvalue weighted by molar-refractivity contribution is 5.97. The van der Waals surface area contributed by atoms with Crippen molar-refractivity contribution in [1.29, 1.82) is 0 Å². The van der Waals surface area contributed by atoms with Gasteiger partial charge in [0.05, 0.1) is 11.0 Å². The second-order valence-electron chi connectivity index (χ2n) is 5.51. The fraction of sp³-hybridized carbons (Fsp3) is 0.167. The molecule has 0 saturated carbocycles. The van der Waals surface area contributed by atoms with Crippen LogP contribution in [0.25, 0.3) is 11.0 Å². The van der Waals surface area contributed by atoms with E-state index in [-0.39, 0.29) is 5.91 Å². The van der Waals surface area contributed by atoms with Crippen molar-refractivity contribution < 1.29 is 4.79 Å². The molecule has 22 heavy (non-hydrogen) atoms. The molecule has 0 aliphatic carbocycles. The van der Waals surface area contributed by atoms with Crippen LogP contribution in [0.4, 0.5) is 0 Å². The highest BCUT2D eigenvalue weighted by atomic mass is 16.2. The third kappa shape index (κ3) is 2.22. The molecule has 2 aromatic carbocycles. The van der Waals surface area contributed by atoms with E-state index in [0.29, 0.717) is 12.1 Å². The average Bonchev–Trinajstić information content (AvgIpc) is 2.60. The molecule has 3 aromatic rings. The number of carbonyl (C=O) groups is 1. The smallest absolute Gasteiger partial charge is 0.254 e. The Balaban J connectivity index is 1.64. The van der Waals surface area contributed by atoms with E-state index in [4.69, 9.17) is 0 Å². The Kier molecular flexibility index (Phi) is 3.07. The molecule has 0 saturated heterocycles. The van der Waals surface area contributed by atoms with E-state index in [1.807, 2.05) is 29.2 Å². The highest BCUT2D eigenvalue weighted by Crippen LogP contribution is 2.21. The molecule has 0 bridgehead atoms. The fourth-order valence-corrected chi connectivity index (χ4v) is 2.95. The second-order valence-corrected chi connectivity index (χ2v) is 5.51. The predicted octanol–water partition coefficient (Wildman–Crippen LogP) is 2.83. The Labute approximate surface area is 128 Å². The lowest BCUT2D eigenvalue weighted by Gasteiger charge is -2.29. The SMILES string of the molecule is O=C(c1ccc2nccnc2c1)N1CCc2ccccc2C1. The molecular weight excluding hydrogens is 274 g/mol. The first-order chi connectivity index (χ1) is 10.8. The summed E-state index contributed by atoms with van der Waals surface area (Å²) in [6.45, 7) is 1.43. The van der Waals surface area contributed by atoms with Crippen molar-refractivity contribution in [3.8, 4) is 0 Å². The van der Waals surface area contributed by atoms with E-state index in [1.165, 1.54) is 11.1 Å². The van der Waals surface area contributed by atoms with Crippen LogP contribution in [0.3, 0.4) is 0 Å². The molecule has 1 aliphatic rings. The summed E-state index contributed by atoms with van der Waals surface area (Å²) in [5.74, 6) is 0.0575. The second kappa shape index (κ2) is 5.22. The van der Waals surface area contributed by atoms with E-state index in [0.717, 1.165) is 24.0 Å². The maximum atomic E-state index is 12.7. The van der Waals surface area contributed by atoms with Gasteiger partial charge in [0.25, 0.3) is 5.91 Å². The van der Waals surface area contributed by atoms with E-state index >= 15 is 0 Å². The maximum absolute atomic E-state index is 12.7. The van der Waals surface area contributed by atoms with Gasteiger partial charge in [-0.15, -0.1) is 0 Å². The molecule has 0 atom stereocenters. The lowest BCUT2D eigenvalue weighted by Crippen LogP contribution is -2.35. The number of fused-ring (bicyclic) bond motifs is 2. The first kappa shape index (κ1) is 13.0. The Morgan fingerprint density at radius 2 is 1.73 bits per heavy atom. The van der Waals surface area contributed by atoms with Gasteiger partial charge in [-0.25, -0.2) is 0 Å². The lowest BCUT2D eigenvalue weighted by atomic mass is 9.99. The van der Waals surface area contributed by atoms with E-state index < -0.39 is 0 Å². The van der Waals surface area contributed by atoms with Crippen LogP contribution in [-0.2, 0) is 13.0 Å². The summed E-state index contributed by atoms with van der Waals surface area (Å²) in [5, 5.41) is 0. The van der Waals surface area contributed by atoms with Gasteiger partial charge in [-0.1, -0.05) is 24.3 Å². The Bertz CT molecular complexity index is 860. The normalized spacial score (nSPS) is 13.9. The first-order valence-corrected chi connectivity index (χ1v) is 7.38. The van der Waals surface area contributed by atoms with Crippen LogP contribution in [0.1, 0.15) is 21.5 Å². The summed E-state index contributed by atoms with van der Waals surface area (Å²) in [7, 11) is 0. The largest absolute Gasteiger partial charge is 0.334 e. The number of rotatable bonds is 1. The van der Waals surface area contributed by atoms with Gasteiger partial charge in [0.1, 0.15) is 0 Å². The molecule has 4 rings (SSSR count). The van der Waals surface area contributed by atoms with Gasteiger partial charge in [0.15, 0.2) is 0 Å². The van der Waals surface area contributed by atoms with E-state index in [9.17, 15) is 4.79 Å². The van der Waals surface area contributed by atoms with Crippen LogP contribution in [0.5, 0.6) is 0 Å². The van der Waals surface area contributed by atoms with Crippen molar-refractivity contribution in [2.75, 3.05) is 6.54 Å². The van der Waals surface area contributed by atoms with Gasteiger partial charge in [0, 0.05) is 31.0 Å². The zero-order chi connectivity index (χ0) is 14.9. The quantitative estimate of drug-likeness (QED) is 0.692. The minimum Gasteiger partial charge on any atom is -0.334 e. The average molecular weight is 289 g/mol. The third-order valence-corrected chi connectivity index (χ3v) is 4.13. The Hall–Kier alpha value is -2.75. The number of amides is 1. The van der Waals surface area contributed by atoms with Crippen LogP contribution in [0.15, 0.2) is 54.9 Å². The number of carbonyl (C=O) groups excluding carboxylic acids is 1. The first-order valence-electron chi connectivity index (χ1n) is 7.38. The van der Waals surface area contributed by atoms with Gasteiger partial charge in [-0.3, -0.25) is 14.8 Å². The number of nitrogens with zero attached hydrogens (tertiary/aromatic N) is 3. The number of hydrogen-bond donors (Lipinski definition) is 0. The molecule has 108 valence electrons. The molecule has 4 heteroatoms. The topological polar surface area (TPSA) is 46.1 Å². The summed E-state index contributed by atoms with van der Waals surface area (Å²) >= 11 is 0. The van der Waals surface area contributed by atoms with Crippen molar-refractivity contribution in [2.45, 2.75) is 13.0 Å². The lowest BCUT2D eigenvalue weighted by molar-refractivity contribution is 0.0735. The summed E-state index contributed by atoms with van der Waals surface area (Å²) in [6, 6.07) is 13.8. The molecule has 1 amide bonds. The summed E-state index contributed by atoms with van der Waals surface area (Å²) in [4.78, 5) is 23.1. The van der Waals surface area contributed by atoms with Crippen molar-refractivity contribution in [3.05, 3.63) is 71.5 Å². The fourth-order valence-electron chi connectivity index (χ4n) is 2.95. The minimum atomic E-state index is 0.0575. The summed E-state index contributed by atoms with van der Waals surface area (Å²) in [5.41, 5.74) is 4.82. The Morgan fingerprint density at radius 1 is 0.955 bits per heavy atom. The molecule has 4 nitrogen and oxygen atoms in total. The van der Waals surface area contributed by atoms with Crippen molar-refractivity contribution >= 4 is 16.9 Å². The molecule has 1 aliphatic heterocycles. The van der Waals surface area contributed by atoms with Gasteiger partial charge in [0.2, 0.25) is 0 Å². The molecule has 0 fully saturated rings. The van der Waals surface area contributed by atoms with Gasteiger partial charge >= 0.3 is 0 Å². The molecular formula is C18H15N3O. The molecule has 0 radical (unpaired) electrons. The number of hydrogen-bond acceptors (Lipinski definition) is 3. The summed E-state index contributed by atoms with van der Waals surface area (Å²) < 4.78 is 0. The van der Waals surface area contributed by atoms with Crippen molar-refractivity contribution in [1.82, 2.24) is 14.9 Å². The predicted molar refractivity (Wildman–Crippen MR) is 84.4 cm³/mol. The zero-order valence-corrected chi connectivity index (χ0v) is 12.1. The van der Waals surface area contributed by atoms with E-state index in [1.54, 1.807) is 12.4 Å². The maximum Gasteiger partial charge on any atom is 0.254 e. The van der Waals surface area contributed by atoms with E-state index in [2.05, 4.69) is 28.2 Å². The van der Waals surface area contributed by atoms with Crippen LogP contribution in [0, 0.1) is 0 Å². The molecule has 0 spiro atoms. The van der Waals surface area contributed by atoms with Crippen molar-refractivity contribution in [2.24, 2.45) is 0 Å². The number of aromatic nitrogens is 2. The third-order valence-electron chi connectivity index (χ3n) is 4.13. The minimum absolute atomic E-state index is 0.0575. The molecule has 1 aromatic heterocycles. The van der Waals surface area contributed by atoms with Gasteiger partial charge < -0.3 is 4.90 Å². The van der Waals surface area contributed by atoms with Crippen LogP contribution in [0.2, 0.25) is 0 Å². The van der Waals surface area contributed by atoms with Crippen LogP contribution < -0.4 is 0 Å². The van der Waals surface area contributed by atoms with Gasteiger partial charge in [-0.05, 0) is 35.7 Å². The molecule has 0 N–H and O–H groups in total. The number of benzene rings is 2. The van der Waals surface area contributed by atoms with Crippen molar-refractivity contribution in [3.63, 3.8) is 0 Å². The van der Waals surface area contributed by atoms with Gasteiger partial charge in [-0.2, -0.15) is 0 Å².